The lowest BCUT2D eigenvalue weighted by Gasteiger charge is -2.10. The van der Waals surface area contributed by atoms with Crippen molar-refractivity contribution in [1.82, 2.24) is 4.98 Å². The summed E-state index contributed by atoms with van der Waals surface area (Å²) in [4.78, 5) is 4.57. The fraction of sp³-hybridized carbons (Fsp3) is 0.125. The van der Waals surface area contributed by atoms with Crippen molar-refractivity contribution in [2.24, 2.45) is 0 Å². The highest BCUT2D eigenvalue weighted by Gasteiger charge is 2.13. The Morgan fingerprint density at radius 3 is 2.65 bits per heavy atom. The van der Waals surface area contributed by atoms with Crippen LogP contribution in [0.15, 0.2) is 58.0 Å². The predicted molar refractivity (Wildman–Crippen MR) is 91.7 cm³/mol. The van der Waals surface area contributed by atoms with Gasteiger partial charge in [0.25, 0.3) is 0 Å². The lowest BCUT2D eigenvalue weighted by atomic mass is 10.1. The van der Waals surface area contributed by atoms with E-state index in [1.807, 2.05) is 30.0 Å². The molecule has 0 fully saturated rings. The van der Waals surface area contributed by atoms with Crippen LogP contribution < -0.4 is 0 Å². The normalized spacial score (nSPS) is 12.8. The Hall–Kier alpha value is -0.900. The van der Waals surface area contributed by atoms with Crippen molar-refractivity contribution in [2.45, 2.75) is 17.1 Å². The molecule has 0 aliphatic rings. The summed E-state index contributed by atoms with van der Waals surface area (Å²) in [5, 5.41) is 2.34. The number of aromatic nitrogens is 1. The third-order valence-electron chi connectivity index (χ3n) is 3.24. The first-order valence-corrected chi connectivity index (χ1v) is 8.37. The monoisotopic (exact) mass is 365 g/mol. The smallest absolute Gasteiger partial charge is 0.0458 e. The van der Waals surface area contributed by atoms with Gasteiger partial charge in [-0.25, -0.2) is 0 Å². The van der Waals surface area contributed by atoms with Gasteiger partial charge in [0.1, 0.15) is 0 Å². The van der Waals surface area contributed by atoms with E-state index >= 15 is 0 Å². The number of hydrogen-bond donors (Lipinski definition) is 1. The molecule has 1 atom stereocenters. The van der Waals surface area contributed by atoms with Gasteiger partial charge in [0.2, 0.25) is 0 Å². The molecule has 0 radical (unpaired) electrons. The van der Waals surface area contributed by atoms with Crippen LogP contribution in [0.3, 0.4) is 0 Å². The third-order valence-corrected chi connectivity index (χ3v) is 5.16. The van der Waals surface area contributed by atoms with Crippen LogP contribution >= 0.6 is 39.3 Å². The largest absolute Gasteiger partial charge is 0.361 e. The van der Waals surface area contributed by atoms with Gasteiger partial charge in [-0.15, -0.1) is 11.8 Å². The van der Waals surface area contributed by atoms with Crippen LogP contribution in [0.4, 0.5) is 0 Å². The number of thioether (sulfide) groups is 1. The Labute approximate surface area is 135 Å². The van der Waals surface area contributed by atoms with Gasteiger partial charge >= 0.3 is 0 Å². The van der Waals surface area contributed by atoms with E-state index < -0.39 is 0 Å². The fourth-order valence-electron chi connectivity index (χ4n) is 2.23. The van der Waals surface area contributed by atoms with Crippen molar-refractivity contribution < 1.29 is 0 Å². The zero-order valence-corrected chi connectivity index (χ0v) is 14.0. The van der Waals surface area contributed by atoms with E-state index in [0.717, 1.165) is 15.0 Å². The molecule has 102 valence electrons. The van der Waals surface area contributed by atoms with E-state index in [9.17, 15) is 0 Å². The van der Waals surface area contributed by atoms with E-state index in [0.29, 0.717) is 5.25 Å². The minimum absolute atomic E-state index is 0.364. The van der Waals surface area contributed by atoms with Gasteiger partial charge in [0.15, 0.2) is 0 Å². The SMILES string of the molecule is CC(Sc1ccc(Br)cc1)c1c[nH]c2ccc(Cl)cc12. The molecule has 1 nitrogen and oxygen atoms in total. The van der Waals surface area contributed by atoms with Gasteiger partial charge in [-0.05, 0) is 55.0 Å². The molecule has 1 unspecified atom stereocenters. The molecule has 0 bridgehead atoms. The first-order valence-electron chi connectivity index (χ1n) is 6.32. The number of halogens is 2. The second-order valence-electron chi connectivity index (χ2n) is 4.65. The quantitative estimate of drug-likeness (QED) is 0.527. The molecule has 2 aromatic carbocycles. The molecule has 0 aliphatic carbocycles. The molecule has 0 aliphatic heterocycles. The first-order chi connectivity index (χ1) is 9.63. The lowest BCUT2D eigenvalue weighted by molar-refractivity contribution is 1.11. The van der Waals surface area contributed by atoms with Crippen molar-refractivity contribution in [3.63, 3.8) is 0 Å². The van der Waals surface area contributed by atoms with Crippen molar-refractivity contribution in [3.05, 3.63) is 63.7 Å². The molecule has 0 amide bonds. The van der Waals surface area contributed by atoms with Crippen LogP contribution in [-0.2, 0) is 0 Å². The van der Waals surface area contributed by atoms with Crippen molar-refractivity contribution in [3.8, 4) is 0 Å². The van der Waals surface area contributed by atoms with E-state index in [1.165, 1.54) is 15.8 Å². The summed E-state index contributed by atoms with van der Waals surface area (Å²) in [5.41, 5.74) is 2.42. The lowest BCUT2D eigenvalue weighted by Crippen LogP contribution is -1.86. The molecule has 1 heterocycles. The first kappa shape index (κ1) is 14.1. The van der Waals surface area contributed by atoms with Crippen molar-refractivity contribution in [2.75, 3.05) is 0 Å². The van der Waals surface area contributed by atoms with Gasteiger partial charge < -0.3 is 4.98 Å². The average Bonchev–Trinajstić information content (AvgIpc) is 2.84. The molecule has 3 aromatic rings. The molecule has 0 saturated carbocycles. The molecule has 0 saturated heterocycles. The summed E-state index contributed by atoms with van der Waals surface area (Å²) in [5.74, 6) is 0. The van der Waals surface area contributed by atoms with Crippen LogP contribution in [0.2, 0.25) is 5.02 Å². The fourth-order valence-corrected chi connectivity index (χ4v) is 3.69. The summed E-state index contributed by atoms with van der Waals surface area (Å²) in [6, 6.07) is 14.4. The Balaban J connectivity index is 1.90. The number of aromatic amines is 1. The second kappa shape index (κ2) is 5.84. The number of rotatable bonds is 3. The highest BCUT2D eigenvalue weighted by molar-refractivity contribution is 9.10. The zero-order chi connectivity index (χ0) is 14.1. The van der Waals surface area contributed by atoms with Crippen LogP contribution in [-0.4, -0.2) is 4.98 Å². The minimum Gasteiger partial charge on any atom is -0.361 e. The van der Waals surface area contributed by atoms with Crippen molar-refractivity contribution in [1.29, 1.82) is 0 Å². The van der Waals surface area contributed by atoms with Gasteiger partial charge in [0.05, 0.1) is 0 Å². The van der Waals surface area contributed by atoms with Crippen LogP contribution in [0.5, 0.6) is 0 Å². The molecular formula is C16H13BrClNS. The highest BCUT2D eigenvalue weighted by atomic mass is 79.9. The van der Waals surface area contributed by atoms with Gasteiger partial charge in [-0.3, -0.25) is 0 Å². The maximum atomic E-state index is 6.10. The Morgan fingerprint density at radius 2 is 1.90 bits per heavy atom. The molecule has 0 spiro atoms. The summed E-state index contributed by atoms with van der Waals surface area (Å²) < 4.78 is 1.10. The van der Waals surface area contributed by atoms with Gasteiger partial charge in [-0.2, -0.15) is 0 Å². The summed E-state index contributed by atoms with van der Waals surface area (Å²) in [6.45, 7) is 2.22. The Kier molecular flexibility index (Phi) is 4.11. The third kappa shape index (κ3) is 2.90. The summed E-state index contributed by atoms with van der Waals surface area (Å²) >= 11 is 11.4. The van der Waals surface area contributed by atoms with Gasteiger partial charge in [0, 0.05) is 36.7 Å². The molecule has 4 heteroatoms. The molecule has 1 N–H and O–H groups in total. The maximum absolute atomic E-state index is 6.10. The molecule has 20 heavy (non-hydrogen) atoms. The highest BCUT2D eigenvalue weighted by Crippen LogP contribution is 2.38. The van der Waals surface area contributed by atoms with Gasteiger partial charge in [-0.1, -0.05) is 27.5 Å². The predicted octanol–water partition coefficient (Wildman–Crippen LogP) is 6.44. The second-order valence-corrected chi connectivity index (χ2v) is 7.41. The summed E-state index contributed by atoms with van der Waals surface area (Å²) in [6.07, 6.45) is 2.08. The van der Waals surface area contributed by atoms with Crippen LogP contribution in [0.1, 0.15) is 17.7 Å². The maximum Gasteiger partial charge on any atom is 0.0458 e. The van der Waals surface area contributed by atoms with E-state index in [-0.39, 0.29) is 0 Å². The molecule has 1 aromatic heterocycles. The topological polar surface area (TPSA) is 15.8 Å². The number of hydrogen-bond acceptors (Lipinski definition) is 1. The van der Waals surface area contributed by atoms with Crippen LogP contribution in [0, 0.1) is 0 Å². The average molecular weight is 367 g/mol. The van der Waals surface area contributed by atoms with E-state index in [4.69, 9.17) is 11.6 Å². The number of fused-ring (bicyclic) bond motifs is 1. The minimum atomic E-state index is 0.364. The number of benzene rings is 2. The Bertz CT molecular complexity index is 736. The zero-order valence-electron chi connectivity index (χ0n) is 10.9. The molecule has 3 rings (SSSR count). The van der Waals surface area contributed by atoms with E-state index in [2.05, 4.69) is 58.3 Å². The Morgan fingerprint density at radius 1 is 1.15 bits per heavy atom. The van der Waals surface area contributed by atoms with E-state index in [1.54, 1.807) is 0 Å². The number of nitrogens with one attached hydrogen (secondary N) is 1. The van der Waals surface area contributed by atoms with Crippen LogP contribution in [0.25, 0.3) is 10.9 Å². The standard InChI is InChI=1S/C16H13BrClNS/c1-10(20-13-5-2-11(17)3-6-13)15-9-19-16-7-4-12(18)8-14(15)16/h2-10,19H,1H3. The van der Waals surface area contributed by atoms with Crippen molar-refractivity contribution >= 4 is 50.2 Å². The molecular weight excluding hydrogens is 354 g/mol. The number of H-pyrrole nitrogens is 1. The summed E-state index contributed by atoms with van der Waals surface area (Å²) in [7, 11) is 0.